The fourth-order valence-corrected chi connectivity index (χ4v) is 2.65. The number of imidazole rings is 1. The van der Waals surface area contributed by atoms with E-state index in [1.54, 1.807) is 24.5 Å². The lowest BCUT2D eigenvalue weighted by Crippen LogP contribution is -2.08. The van der Waals surface area contributed by atoms with Gasteiger partial charge in [0.1, 0.15) is 11.7 Å². The molecule has 2 aromatic heterocycles. The SMILES string of the molecule is CC(C(=O)O)c1ncc(-c2cc(Br)cs2)[nH]1. The molecule has 0 aliphatic heterocycles. The summed E-state index contributed by atoms with van der Waals surface area (Å²) in [6, 6.07) is 1.97. The van der Waals surface area contributed by atoms with Gasteiger partial charge in [0.15, 0.2) is 0 Å². The van der Waals surface area contributed by atoms with Gasteiger partial charge in [-0.1, -0.05) is 0 Å². The van der Waals surface area contributed by atoms with Crippen LogP contribution in [0.2, 0.25) is 0 Å². The van der Waals surface area contributed by atoms with E-state index in [2.05, 4.69) is 25.9 Å². The van der Waals surface area contributed by atoms with Crippen molar-refractivity contribution in [1.29, 1.82) is 0 Å². The van der Waals surface area contributed by atoms with E-state index in [0.717, 1.165) is 15.0 Å². The van der Waals surface area contributed by atoms with E-state index in [1.807, 2.05) is 11.4 Å². The number of hydrogen-bond donors (Lipinski definition) is 2. The van der Waals surface area contributed by atoms with Crippen molar-refractivity contribution in [3.63, 3.8) is 0 Å². The Labute approximate surface area is 104 Å². The molecule has 2 aromatic rings. The molecule has 0 aromatic carbocycles. The van der Waals surface area contributed by atoms with Gasteiger partial charge in [-0.05, 0) is 28.9 Å². The maximum atomic E-state index is 10.8. The number of thiophene rings is 1. The van der Waals surface area contributed by atoms with E-state index in [9.17, 15) is 4.79 Å². The molecule has 4 nitrogen and oxygen atoms in total. The summed E-state index contributed by atoms with van der Waals surface area (Å²) in [7, 11) is 0. The molecule has 0 radical (unpaired) electrons. The van der Waals surface area contributed by atoms with Crippen molar-refractivity contribution >= 4 is 33.2 Å². The summed E-state index contributed by atoms with van der Waals surface area (Å²) in [5, 5.41) is 10.8. The van der Waals surface area contributed by atoms with Crippen LogP contribution in [-0.2, 0) is 4.79 Å². The third kappa shape index (κ3) is 2.17. The van der Waals surface area contributed by atoms with Crippen molar-refractivity contribution in [2.45, 2.75) is 12.8 Å². The number of hydrogen-bond acceptors (Lipinski definition) is 3. The van der Waals surface area contributed by atoms with Gasteiger partial charge in [0.05, 0.1) is 16.8 Å². The van der Waals surface area contributed by atoms with Crippen LogP contribution in [0.5, 0.6) is 0 Å². The highest BCUT2D eigenvalue weighted by Crippen LogP contribution is 2.29. The molecule has 0 saturated heterocycles. The van der Waals surface area contributed by atoms with Gasteiger partial charge in [-0.15, -0.1) is 11.3 Å². The zero-order valence-electron chi connectivity index (χ0n) is 8.40. The molecule has 84 valence electrons. The molecule has 2 heterocycles. The topological polar surface area (TPSA) is 66.0 Å². The van der Waals surface area contributed by atoms with Gasteiger partial charge in [0, 0.05) is 9.85 Å². The second-order valence-electron chi connectivity index (χ2n) is 3.37. The molecular weight excluding hydrogens is 292 g/mol. The maximum Gasteiger partial charge on any atom is 0.313 e. The van der Waals surface area contributed by atoms with Gasteiger partial charge in [-0.2, -0.15) is 0 Å². The average Bonchev–Trinajstić information content (AvgIpc) is 2.84. The molecule has 0 aliphatic rings. The number of carbonyl (C=O) groups is 1. The zero-order valence-corrected chi connectivity index (χ0v) is 10.8. The summed E-state index contributed by atoms with van der Waals surface area (Å²) in [6.07, 6.45) is 1.66. The normalized spacial score (nSPS) is 12.6. The van der Waals surface area contributed by atoms with Gasteiger partial charge >= 0.3 is 5.97 Å². The first kappa shape index (κ1) is 11.3. The van der Waals surface area contributed by atoms with Crippen LogP contribution in [0.1, 0.15) is 18.7 Å². The summed E-state index contributed by atoms with van der Waals surface area (Å²) in [4.78, 5) is 18.9. The van der Waals surface area contributed by atoms with Crippen molar-refractivity contribution < 1.29 is 9.90 Å². The number of nitrogens with one attached hydrogen (secondary N) is 1. The Bertz CT molecular complexity index is 520. The number of carboxylic acid groups (broad SMARTS) is 1. The van der Waals surface area contributed by atoms with Crippen molar-refractivity contribution in [2.24, 2.45) is 0 Å². The fourth-order valence-electron chi connectivity index (χ4n) is 1.25. The summed E-state index contributed by atoms with van der Waals surface area (Å²) in [6.45, 7) is 1.61. The van der Waals surface area contributed by atoms with Crippen LogP contribution in [0, 0.1) is 0 Å². The summed E-state index contributed by atoms with van der Waals surface area (Å²) < 4.78 is 1.01. The van der Waals surface area contributed by atoms with E-state index in [4.69, 9.17) is 5.11 Å². The molecule has 0 saturated carbocycles. The highest BCUT2D eigenvalue weighted by molar-refractivity contribution is 9.10. The first-order valence-electron chi connectivity index (χ1n) is 4.60. The van der Waals surface area contributed by atoms with Crippen molar-refractivity contribution in [3.05, 3.63) is 27.9 Å². The number of rotatable bonds is 3. The number of aromatic amines is 1. The van der Waals surface area contributed by atoms with E-state index < -0.39 is 11.9 Å². The molecule has 0 amide bonds. The van der Waals surface area contributed by atoms with E-state index in [-0.39, 0.29) is 0 Å². The van der Waals surface area contributed by atoms with Crippen molar-refractivity contribution in [2.75, 3.05) is 0 Å². The minimum atomic E-state index is -0.881. The smallest absolute Gasteiger partial charge is 0.313 e. The van der Waals surface area contributed by atoms with Gasteiger partial charge in [-0.3, -0.25) is 4.79 Å². The van der Waals surface area contributed by atoms with Crippen molar-refractivity contribution in [3.8, 4) is 10.6 Å². The summed E-state index contributed by atoms with van der Waals surface area (Å²) in [5.41, 5.74) is 0.846. The van der Waals surface area contributed by atoms with E-state index in [0.29, 0.717) is 5.82 Å². The lowest BCUT2D eigenvalue weighted by molar-refractivity contribution is -0.138. The van der Waals surface area contributed by atoms with Crippen LogP contribution in [0.15, 0.2) is 22.1 Å². The molecule has 0 fully saturated rings. The Balaban J connectivity index is 2.29. The predicted molar refractivity (Wildman–Crippen MR) is 65.7 cm³/mol. The Hall–Kier alpha value is -1.14. The highest BCUT2D eigenvalue weighted by Gasteiger charge is 2.17. The van der Waals surface area contributed by atoms with Crippen LogP contribution in [0.3, 0.4) is 0 Å². The standard InChI is InChI=1S/C10H9BrN2O2S/c1-5(10(14)15)9-12-3-7(13-9)8-2-6(11)4-16-8/h2-5H,1H3,(H,12,13)(H,14,15). The molecule has 2 N–H and O–H groups in total. The zero-order chi connectivity index (χ0) is 11.7. The first-order chi connectivity index (χ1) is 7.58. The molecule has 0 bridgehead atoms. The Morgan fingerprint density at radius 3 is 3.00 bits per heavy atom. The van der Waals surface area contributed by atoms with Gasteiger partial charge < -0.3 is 10.1 Å². The van der Waals surface area contributed by atoms with Gasteiger partial charge in [-0.25, -0.2) is 4.98 Å². The third-order valence-corrected chi connectivity index (χ3v) is 3.93. The largest absolute Gasteiger partial charge is 0.481 e. The molecular formula is C10H9BrN2O2S. The van der Waals surface area contributed by atoms with Gasteiger partial charge in [0.2, 0.25) is 0 Å². The second-order valence-corrected chi connectivity index (χ2v) is 5.20. The Morgan fingerprint density at radius 2 is 2.44 bits per heavy atom. The quantitative estimate of drug-likeness (QED) is 0.915. The highest BCUT2D eigenvalue weighted by atomic mass is 79.9. The number of carboxylic acids is 1. The molecule has 0 aliphatic carbocycles. The van der Waals surface area contributed by atoms with Crippen LogP contribution >= 0.6 is 27.3 Å². The molecule has 0 spiro atoms. The minimum Gasteiger partial charge on any atom is -0.481 e. The number of aromatic nitrogens is 2. The Kier molecular flexibility index (Phi) is 3.11. The molecule has 1 unspecified atom stereocenters. The van der Waals surface area contributed by atoms with Gasteiger partial charge in [0.25, 0.3) is 0 Å². The number of aliphatic carboxylic acids is 1. The lowest BCUT2D eigenvalue weighted by atomic mass is 10.2. The molecule has 6 heteroatoms. The fraction of sp³-hybridized carbons (Fsp3) is 0.200. The molecule has 1 atom stereocenters. The van der Waals surface area contributed by atoms with Crippen LogP contribution in [0.4, 0.5) is 0 Å². The molecule has 2 rings (SSSR count). The maximum absolute atomic E-state index is 10.8. The summed E-state index contributed by atoms with van der Waals surface area (Å²) in [5.74, 6) is -1.02. The number of H-pyrrole nitrogens is 1. The second kappa shape index (κ2) is 4.39. The Morgan fingerprint density at radius 1 is 1.69 bits per heavy atom. The number of nitrogens with zero attached hydrogens (tertiary/aromatic N) is 1. The molecule has 16 heavy (non-hydrogen) atoms. The lowest BCUT2D eigenvalue weighted by Gasteiger charge is -2.00. The average molecular weight is 301 g/mol. The van der Waals surface area contributed by atoms with Crippen LogP contribution in [-0.4, -0.2) is 21.0 Å². The van der Waals surface area contributed by atoms with E-state index in [1.165, 1.54) is 0 Å². The van der Waals surface area contributed by atoms with Crippen LogP contribution < -0.4 is 0 Å². The first-order valence-corrected chi connectivity index (χ1v) is 6.27. The summed E-state index contributed by atoms with van der Waals surface area (Å²) >= 11 is 4.94. The third-order valence-electron chi connectivity index (χ3n) is 2.21. The van der Waals surface area contributed by atoms with E-state index >= 15 is 0 Å². The predicted octanol–water partition coefficient (Wildman–Crippen LogP) is 3.09. The number of halogens is 1. The monoisotopic (exact) mass is 300 g/mol. The van der Waals surface area contributed by atoms with Crippen molar-refractivity contribution in [1.82, 2.24) is 9.97 Å². The minimum absolute atomic E-state index is 0.479. The van der Waals surface area contributed by atoms with Crippen LogP contribution in [0.25, 0.3) is 10.6 Å².